The van der Waals surface area contributed by atoms with E-state index in [2.05, 4.69) is 33.0 Å². The largest absolute Gasteiger partial charge is 0.497 e. The quantitative estimate of drug-likeness (QED) is 0.820. The normalized spacial score (nSPS) is 12.9. The second-order valence-electron chi connectivity index (χ2n) is 5.97. The SMILES string of the molecule is COc1ccc(NC(=O)CC(C)C(C)(C)C)c(N)c1. The Kier molecular flexibility index (Phi) is 4.81. The lowest BCUT2D eigenvalue weighted by molar-refractivity contribution is -0.117. The predicted molar refractivity (Wildman–Crippen MR) is 79.3 cm³/mol. The molecule has 106 valence electrons. The van der Waals surface area contributed by atoms with Gasteiger partial charge in [0.1, 0.15) is 5.75 Å². The van der Waals surface area contributed by atoms with Crippen molar-refractivity contribution >= 4 is 17.3 Å². The highest BCUT2D eigenvalue weighted by Crippen LogP contribution is 2.29. The van der Waals surface area contributed by atoms with Gasteiger partial charge >= 0.3 is 0 Å². The fourth-order valence-corrected chi connectivity index (χ4v) is 1.57. The number of nitrogen functional groups attached to an aromatic ring is 1. The number of methoxy groups -OCH3 is 1. The van der Waals surface area contributed by atoms with Crippen molar-refractivity contribution in [2.45, 2.75) is 34.1 Å². The summed E-state index contributed by atoms with van der Waals surface area (Å²) in [6, 6.07) is 5.23. The molecule has 0 spiro atoms. The summed E-state index contributed by atoms with van der Waals surface area (Å²) in [7, 11) is 1.58. The molecule has 1 aromatic rings. The molecule has 0 aromatic heterocycles. The van der Waals surface area contributed by atoms with E-state index in [-0.39, 0.29) is 11.3 Å². The molecule has 0 aliphatic carbocycles. The van der Waals surface area contributed by atoms with Crippen LogP contribution in [0.1, 0.15) is 34.1 Å². The minimum atomic E-state index is -0.0145. The Morgan fingerprint density at radius 2 is 2.05 bits per heavy atom. The molecule has 0 saturated heterocycles. The zero-order valence-electron chi connectivity index (χ0n) is 12.4. The number of hydrogen-bond donors (Lipinski definition) is 2. The first-order valence-corrected chi connectivity index (χ1v) is 6.47. The molecule has 4 heteroatoms. The summed E-state index contributed by atoms with van der Waals surface area (Å²) in [5.41, 5.74) is 7.12. The summed E-state index contributed by atoms with van der Waals surface area (Å²) in [5, 5.41) is 2.85. The number of rotatable bonds is 4. The molecule has 0 saturated carbocycles. The first kappa shape index (κ1) is 15.3. The zero-order valence-corrected chi connectivity index (χ0v) is 12.4. The Morgan fingerprint density at radius 1 is 1.42 bits per heavy atom. The Labute approximate surface area is 115 Å². The number of nitrogens with two attached hydrogens (primary N) is 1. The van der Waals surface area contributed by atoms with Crippen molar-refractivity contribution < 1.29 is 9.53 Å². The van der Waals surface area contributed by atoms with Crippen molar-refractivity contribution in [3.8, 4) is 5.75 Å². The van der Waals surface area contributed by atoms with Crippen LogP contribution in [-0.4, -0.2) is 13.0 Å². The van der Waals surface area contributed by atoms with Gasteiger partial charge in [0.2, 0.25) is 5.91 Å². The minimum Gasteiger partial charge on any atom is -0.497 e. The van der Waals surface area contributed by atoms with Crippen molar-refractivity contribution in [3.63, 3.8) is 0 Å². The van der Waals surface area contributed by atoms with Crippen LogP contribution in [0.15, 0.2) is 18.2 Å². The number of anilines is 2. The van der Waals surface area contributed by atoms with Crippen LogP contribution in [0.4, 0.5) is 11.4 Å². The topological polar surface area (TPSA) is 64.3 Å². The maximum absolute atomic E-state index is 12.0. The van der Waals surface area contributed by atoms with Gasteiger partial charge in [-0.1, -0.05) is 27.7 Å². The van der Waals surface area contributed by atoms with Crippen LogP contribution >= 0.6 is 0 Å². The van der Waals surface area contributed by atoms with Gasteiger partial charge in [-0.2, -0.15) is 0 Å². The molecule has 1 unspecified atom stereocenters. The molecular weight excluding hydrogens is 240 g/mol. The molecule has 4 nitrogen and oxygen atoms in total. The number of carbonyl (C=O) groups excluding carboxylic acids is 1. The highest BCUT2D eigenvalue weighted by atomic mass is 16.5. The smallest absolute Gasteiger partial charge is 0.224 e. The van der Waals surface area contributed by atoms with Crippen molar-refractivity contribution in [1.29, 1.82) is 0 Å². The average Bonchev–Trinajstić information content (AvgIpc) is 2.30. The van der Waals surface area contributed by atoms with E-state index in [1.807, 2.05) is 0 Å². The van der Waals surface area contributed by atoms with Gasteiger partial charge < -0.3 is 15.8 Å². The minimum absolute atomic E-state index is 0.0145. The number of amides is 1. The second kappa shape index (κ2) is 5.95. The van der Waals surface area contributed by atoms with Crippen molar-refractivity contribution in [2.24, 2.45) is 11.3 Å². The monoisotopic (exact) mass is 264 g/mol. The molecule has 0 aliphatic rings. The number of nitrogens with one attached hydrogen (secondary N) is 1. The third-order valence-electron chi connectivity index (χ3n) is 3.50. The average molecular weight is 264 g/mol. The van der Waals surface area contributed by atoms with Gasteiger partial charge in [-0.25, -0.2) is 0 Å². The van der Waals surface area contributed by atoms with E-state index in [0.29, 0.717) is 29.5 Å². The van der Waals surface area contributed by atoms with Crippen molar-refractivity contribution in [2.75, 3.05) is 18.2 Å². The zero-order chi connectivity index (χ0) is 14.6. The van der Waals surface area contributed by atoms with Crippen LogP contribution in [-0.2, 0) is 4.79 Å². The molecule has 0 aliphatic heterocycles. The predicted octanol–water partition coefficient (Wildman–Crippen LogP) is 3.29. The van der Waals surface area contributed by atoms with E-state index in [9.17, 15) is 4.79 Å². The number of ether oxygens (including phenoxy) is 1. The third-order valence-corrected chi connectivity index (χ3v) is 3.50. The summed E-state index contributed by atoms with van der Waals surface area (Å²) >= 11 is 0. The molecule has 0 fully saturated rings. The molecule has 3 N–H and O–H groups in total. The Balaban J connectivity index is 2.67. The first-order valence-electron chi connectivity index (χ1n) is 6.47. The van der Waals surface area contributed by atoms with Crippen LogP contribution in [0.3, 0.4) is 0 Å². The Hall–Kier alpha value is -1.71. The molecule has 1 aromatic carbocycles. The van der Waals surface area contributed by atoms with Crippen LogP contribution in [0.5, 0.6) is 5.75 Å². The van der Waals surface area contributed by atoms with Crippen molar-refractivity contribution in [3.05, 3.63) is 18.2 Å². The van der Waals surface area contributed by atoms with E-state index in [4.69, 9.17) is 10.5 Å². The van der Waals surface area contributed by atoms with Gasteiger partial charge in [0.15, 0.2) is 0 Å². The van der Waals surface area contributed by atoms with Gasteiger partial charge in [-0.05, 0) is 23.5 Å². The highest BCUT2D eigenvalue weighted by molar-refractivity contribution is 5.94. The molecule has 1 amide bonds. The van der Waals surface area contributed by atoms with Gasteiger partial charge in [0.05, 0.1) is 18.5 Å². The standard InChI is InChI=1S/C15H24N2O2/c1-10(15(2,3)4)8-14(18)17-13-7-6-11(19-5)9-12(13)16/h6-7,9-10H,8,16H2,1-5H3,(H,17,18). The Bertz CT molecular complexity index is 450. The third kappa shape index (κ3) is 4.47. The summed E-state index contributed by atoms with van der Waals surface area (Å²) in [6.45, 7) is 8.48. The Morgan fingerprint density at radius 3 is 2.53 bits per heavy atom. The highest BCUT2D eigenvalue weighted by Gasteiger charge is 2.22. The fraction of sp³-hybridized carbons (Fsp3) is 0.533. The van der Waals surface area contributed by atoms with Gasteiger partial charge in [0.25, 0.3) is 0 Å². The van der Waals surface area contributed by atoms with E-state index < -0.39 is 0 Å². The lowest BCUT2D eigenvalue weighted by Crippen LogP contribution is -2.24. The summed E-state index contributed by atoms with van der Waals surface area (Å²) in [4.78, 5) is 12.0. The lowest BCUT2D eigenvalue weighted by Gasteiger charge is -2.26. The first-order chi connectivity index (χ1) is 8.74. The van der Waals surface area contributed by atoms with Crippen LogP contribution in [0, 0.1) is 11.3 Å². The van der Waals surface area contributed by atoms with E-state index >= 15 is 0 Å². The van der Waals surface area contributed by atoms with Gasteiger partial charge in [0, 0.05) is 12.5 Å². The maximum atomic E-state index is 12.0. The maximum Gasteiger partial charge on any atom is 0.224 e. The van der Waals surface area contributed by atoms with Crippen LogP contribution in [0.2, 0.25) is 0 Å². The van der Waals surface area contributed by atoms with Gasteiger partial charge in [-0.15, -0.1) is 0 Å². The summed E-state index contributed by atoms with van der Waals surface area (Å²) in [6.07, 6.45) is 0.481. The molecular formula is C15H24N2O2. The number of benzene rings is 1. The van der Waals surface area contributed by atoms with Gasteiger partial charge in [-0.3, -0.25) is 4.79 Å². The lowest BCUT2D eigenvalue weighted by atomic mass is 9.80. The van der Waals surface area contributed by atoms with Crippen molar-refractivity contribution in [1.82, 2.24) is 0 Å². The van der Waals surface area contributed by atoms with Crippen LogP contribution in [0.25, 0.3) is 0 Å². The summed E-state index contributed by atoms with van der Waals surface area (Å²) in [5.74, 6) is 0.963. The van der Waals surface area contributed by atoms with Crippen LogP contribution < -0.4 is 15.8 Å². The van der Waals surface area contributed by atoms with E-state index in [0.717, 1.165) is 0 Å². The molecule has 19 heavy (non-hydrogen) atoms. The molecule has 0 radical (unpaired) electrons. The fourth-order valence-electron chi connectivity index (χ4n) is 1.57. The molecule has 0 bridgehead atoms. The molecule has 1 atom stereocenters. The second-order valence-corrected chi connectivity index (χ2v) is 5.97. The number of carbonyl (C=O) groups is 1. The molecule has 1 rings (SSSR count). The molecule has 0 heterocycles. The summed E-state index contributed by atoms with van der Waals surface area (Å²) < 4.78 is 5.07. The number of hydrogen-bond acceptors (Lipinski definition) is 3. The van der Waals surface area contributed by atoms with E-state index in [1.54, 1.807) is 25.3 Å². The van der Waals surface area contributed by atoms with E-state index in [1.165, 1.54) is 0 Å².